The molecule has 2 rings (SSSR count). The summed E-state index contributed by atoms with van der Waals surface area (Å²) >= 11 is 0. The number of carbonyl (C=O) groups excluding carboxylic acids is 1. The Hall–Kier alpha value is -1.32. The predicted molar refractivity (Wildman–Crippen MR) is 69.1 cm³/mol. The highest BCUT2D eigenvalue weighted by atomic mass is 16.5. The number of aryl methyl sites for hydroxylation is 2. The monoisotopic (exact) mass is 250 g/mol. The van der Waals surface area contributed by atoms with E-state index in [0.29, 0.717) is 0 Å². The first-order valence-corrected chi connectivity index (χ1v) is 6.81. The van der Waals surface area contributed by atoms with Gasteiger partial charge >= 0.3 is 0 Å². The third-order valence-corrected chi connectivity index (χ3v) is 3.67. The van der Waals surface area contributed by atoms with Gasteiger partial charge in [-0.15, -0.1) is 0 Å². The largest absolute Gasteiger partial charge is 0.361 e. The molecule has 1 amide bonds. The summed E-state index contributed by atoms with van der Waals surface area (Å²) in [6.07, 6.45) is 2.92. The van der Waals surface area contributed by atoms with Crippen molar-refractivity contribution in [3.8, 4) is 0 Å². The number of likely N-dealkylation sites (tertiary alicyclic amines) is 1. The van der Waals surface area contributed by atoms with Crippen LogP contribution in [0.4, 0.5) is 0 Å². The van der Waals surface area contributed by atoms with Gasteiger partial charge < -0.3 is 9.42 Å². The summed E-state index contributed by atoms with van der Waals surface area (Å²) in [6.45, 7) is 8.80. The number of nitrogens with zero attached hydrogens (tertiary/aromatic N) is 2. The standard InChI is InChI=1S/C14H22N2O2/c1-5-12-13(10(4)15-18-12)11-7-6-8-16(11)14(17)9(2)3/h9,11H,5-8H2,1-4H3/t11-/m0/s1. The first-order chi connectivity index (χ1) is 8.56. The molecule has 100 valence electrons. The summed E-state index contributed by atoms with van der Waals surface area (Å²) in [7, 11) is 0. The van der Waals surface area contributed by atoms with E-state index < -0.39 is 0 Å². The summed E-state index contributed by atoms with van der Waals surface area (Å²) in [4.78, 5) is 14.2. The zero-order chi connectivity index (χ0) is 13.3. The second kappa shape index (κ2) is 5.12. The van der Waals surface area contributed by atoms with Gasteiger partial charge in [-0.1, -0.05) is 25.9 Å². The average molecular weight is 250 g/mol. The molecule has 0 aliphatic carbocycles. The summed E-state index contributed by atoms with van der Waals surface area (Å²) in [5, 5.41) is 4.06. The minimum absolute atomic E-state index is 0.0517. The van der Waals surface area contributed by atoms with Gasteiger partial charge in [0.15, 0.2) is 0 Å². The van der Waals surface area contributed by atoms with E-state index in [0.717, 1.165) is 42.8 Å². The number of carbonyl (C=O) groups is 1. The first kappa shape index (κ1) is 13.1. The molecule has 1 aromatic heterocycles. The van der Waals surface area contributed by atoms with Crippen molar-refractivity contribution in [1.29, 1.82) is 0 Å². The van der Waals surface area contributed by atoms with Crippen LogP contribution in [-0.2, 0) is 11.2 Å². The van der Waals surface area contributed by atoms with E-state index in [1.165, 1.54) is 0 Å². The molecule has 0 radical (unpaired) electrons. The fraction of sp³-hybridized carbons (Fsp3) is 0.714. The SMILES string of the molecule is CCc1onc(C)c1[C@@H]1CCCN1C(=O)C(C)C. The second-order valence-electron chi connectivity index (χ2n) is 5.30. The summed E-state index contributed by atoms with van der Waals surface area (Å²) < 4.78 is 5.36. The van der Waals surface area contributed by atoms with Crippen LogP contribution in [0.25, 0.3) is 0 Å². The molecule has 18 heavy (non-hydrogen) atoms. The van der Waals surface area contributed by atoms with Crippen LogP contribution < -0.4 is 0 Å². The summed E-state index contributed by atoms with van der Waals surface area (Å²) in [6, 6.07) is 0.168. The molecule has 2 heterocycles. The lowest BCUT2D eigenvalue weighted by Gasteiger charge is -2.26. The lowest BCUT2D eigenvalue weighted by atomic mass is 10.0. The Morgan fingerprint density at radius 1 is 1.56 bits per heavy atom. The minimum Gasteiger partial charge on any atom is -0.361 e. The molecule has 1 aliphatic rings. The van der Waals surface area contributed by atoms with E-state index in [1.807, 2.05) is 25.7 Å². The maximum atomic E-state index is 12.2. The quantitative estimate of drug-likeness (QED) is 0.828. The van der Waals surface area contributed by atoms with Crippen molar-refractivity contribution in [3.63, 3.8) is 0 Å². The topological polar surface area (TPSA) is 46.3 Å². The number of rotatable bonds is 3. The molecule has 1 aromatic rings. The van der Waals surface area contributed by atoms with Gasteiger partial charge in [0.2, 0.25) is 5.91 Å². The molecule has 0 aromatic carbocycles. The van der Waals surface area contributed by atoms with Crippen LogP contribution in [0.3, 0.4) is 0 Å². The van der Waals surface area contributed by atoms with Gasteiger partial charge in [0.1, 0.15) is 5.76 Å². The normalized spacial score (nSPS) is 19.8. The maximum Gasteiger partial charge on any atom is 0.225 e. The van der Waals surface area contributed by atoms with E-state index in [1.54, 1.807) is 0 Å². The molecule has 1 saturated heterocycles. The van der Waals surface area contributed by atoms with Crippen molar-refractivity contribution >= 4 is 5.91 Å². The Morgan fingerprint density at radius 3 is 2.89 bits per heavy atom. The number of aromatic nitrogens is 1. The Labute approximate surface area is 108 Å². The molecule has 1 fully saturated rings. The minimum atomic E-state index is 0.0517. The van der Waals surface area contributed by atoms with Crippen molar-refractivity contribution in [3.05, 3.63) is 17.0 Å². The molecule has 1 atom stereocenters. The zero-order valence-electron chi connectivity index (χ0n) is 11.7. The molecule has 0 bridgehead atoms. The maximum absolute atomic E-state index is 12.2. The molecule has 4 nitrogen and oxygen atoms in total. The van der Waals surface area contributed by atoms with Crippen LogP contribution in [0.2, 0.25) is 0 Å². The fourth-order valence-corrected chi connectivity index (χ4v) is 2.77. The molecule has 1 aliphatic heterocycles. The fourth-order valence-electron chi connectivity index (χ4n) is 2.77. The molecular weight excluding hydrogens is 228 g/mol. The van der Waals surface area contributed by atoms with Gasteiger partial charge in [-0.25, -0.2) is 0 Å². The van der Waals surface area contributed by atoms with Crippen LogP contribution in [0, 0.1) is 12.8 Å². The van der Waals surface area contributed by atoms with Crippen LogP contribution in [0.15, 0.2) is 4.52 Å². The first-order valence-electron chi connectivity index (χ1n) is 6.81. The lowest BCUT2D eigenvalue weighted by Crippen LogP contribution is -2.34. The van der Waals surface area contributed by atoms with Crippen LogP contribution in [0.5, 0.6) is 0 Å². The van der Waals surface area contributed by atoms with E-state index in [4.69, 9.17) is 4.52 Å². The van der Waals surface area contributed by atoms with Crippen LogP contribution in [0.1, 0.15) is 56.7 Å². The van der Waals surface area contributed by atoms with Gasteiger partial charge in [0.05, 0.1) is 11.7 Å². The summed E-state index contributed by atoms with van der Waals surface area (Å²) in [5.74, 6) is 1.22. The Morgan fingerprint density at radius 2 is 2.28 bits per heavy atom. The summed E-state index contributed by atoms with van der Waals surface area (Å²) in [5.41, 5.74) is 2.07. The molecule has 0 spiro atoms. The van der Waals surface area contributed by atoms with E-state index in [-0.39, 0.29) is 17.9 Å². The predicted octanol–water partition coefficient (Wildman–Crippen LogP) is 2.86. The number of hydrogen-bond donors (Lipinski definition) is 0. The van der Waals surface area contributed by atoms with Crippen molar-refractivity contribution in [1.82, 2.24) is 10.1 Å². The number of amides is 1. The van der Waals surface area contributed by atoms with Gasteiger partial charge in [0, 0.05) is 24.4 Å². The van der Waals surface area contributed by atoms with Crippen molar-refractivity contribution in [2.75, 3.05) is 6.54 Å². The third-order valence-electron chi connectivity index (χ3n) is 3.67. The number of hydrogen-bond acceptors (Lipinski definition) is 3. The molecular formula is C14H22N2O2. The van der Waals surface area contributed by atoms with Gasteiger partial charge in [-0.2, -0.15) is 0 Å². The van der Waals surface area contributed by atoms with E-state index in [9.17, 15) is 4.79 Å². The van der Waals surface area contributed by atoms with Crippen LogP contribution in [-0.4, -0.2) is 22.5 Å². The van der Waals surface area contributed by atoms with Gasteiger partial charge in [-0.3, -0.25) is 4.79 Å². The second-order valence-corrected chi connectivity index (χ2v) is 5.30. The van der Waals surface area contributed by atoms with E-state index >= 15 is 0 Å². The molecule has 0 unspecified atom stereocenters. The smallest absolute Gasteiger partial charge is 0.225 e. The highest BCUT2D eigenvalue weighted by Gasteiger charge is 2.34. The molecule has 4 heteroatoms. The van der Waals surface area contributed by atoms with E-state index in [2.05, 4.69) is 12.1 Å². The Kier molecular flexibility index (Phi) is 3.73. The average Bonchev–Trinajstić information content (AvgIpc) is 2.93. The van der Waals surface area contributed by atoms with Crippen LogP contribution >= 0.6 is 0 Å². The van der Waals surface area contributed by atoms with Crippen molar-refractivity contribution < 1.29 is 9.32 Å². The lowest BCUT2D eigenvalue weighted by molar-refractivity contribution is -0.135. The highest BCUT2D eigenvalue weighted by Crippen LogP contribution is 2.36. The van der Waals surface area contributed by atoms with Gasteiger partial charge in [-0.05, 0) is 19.8 Å². The van der Waals surface area contributed by atoms with Crippen molar-refractivity contribution in [2.24, 2.45) is 5.92 Å². The molecule has 0 N–H and O–H groups in total. The highest BCUT2D eigenvalue weighted by molar-refractivity contribution is 5.79. The third kappa shape index (κ3) is 2.16. The Bertz CT molecular complexity index is 437. The zero-order valence-corrected chi connectivity index (χ0v) is 11.7. The Balaban J connectivity index is 2.31. The van der Waals surface area contributed by atoms with Gasteiger partial charge in [0.25, 0.3) is 0 Å². The van der Waals surface area contributed by atoms with Crippen molar-refractivity contribution in [2.45, 2.75) is 53.0 Å². The molecule has 0 saturated carbocycles.